The zero-order valence-electron chi connectivity index (χ0n) is 10.7. The normalized spacial score (nSPS) is 16.8. The average molecular weight is 267 g/mol. The van der Waals surface area contributed by atoms with Gasteiger partial charge in [-0.15, -0.1) is 0 Å². The molecular formula is C16H13NO3. The summed E-state index contributed by atoms with van der Waals surface area (Å²) in [5, 5.41) is 9.43. The van der Waals surface area contributed by atoms with Crippen LogP contribution in [-0.2, 0) is 11.3 Å². The summed E-state index contributed by atoms with van der Waals surface area (Å²) in [6, 6.07) is 15.1. The van der Waals surface area contributed by atoms with Gasteiger partial charge in [0.2, 0.25) is 0 Å². The van der Waals surface area contributed by atoms with Gasteiger partial charge in [0.25, 0.3) is 5.91 Å². The first kappa shape index (κ1) is 12.4. The Morgan fingerprint density at radius 1 is 1.00 bits per heavy atom. The smallest absolute Gasteiger partial charge is 0.331 e. The minimum absolute atomic E-state index is 0.255. The molecule has 20 heavy (non-hydrogen) atoms. The third-order valence-electron chi connectivity index (χ3n) is 3.52. The number of carbonyl (C=O) groups excluding carboxylic acids is 1. The number of amides is 1. The van der Waals surface area contributed by atoms with E-state index >= 15 is 0 Å². The van der Waals surface area contributed by atoms with Crippen molar-refractivity contribution >= 4 is 11.9 Å². The zero-order chi connectivity index (χ0) is 14.1. The first-order valence-electron chi connectivity index (χ1n) is 6.35. The number of rotatable bonds is 2. The topological polar surface area (TPSA) is 57.6 Å². The van der Waals surface area contributed by atoms with Crippen LogP contribution < -0.4 is 0 Å². The molecule has 0 bridgehead atoms. The van der Waals surface area contributed by atoms with Gasteiger partial charge in [0.05, 0.1) is 0 Å². The van der Waals surface area contributed by atoms with Gasteiger partial charge in [0, 0.05) is 12.1 Å². The molecule has 0 saturated heterocycles. The summed E-state index contributed by atoms with van der Waals surface area (Å²) in [5.41, 5.74) is 2.10. The fraction of sp³-hybridized carbons (Fsp3) is 0.125. The van der Waals surface area contributed by atoms with Crippen molar-refractivity contribution in [1.82, 2.24) is 4.90 Å². The van der Waals surface area contributed by atoms with Crippen molar-refractivity contribution < 1.29 is 14.7 Å². The number of hydrogen-bond donors (Lipinski definition) is 1. The van der Waals surface area contributed by atoms with Gasteiger partial charge in [0.1, 0.15) is 0 Å². The van der Waals surface area contributed by atoms with Gasteiger partial charge in [-0.3, -0.25) is 4.79 Å². The van der Waals surface area contributed by atoms with Crippen molar-refractivity contribution in [1.29, 1.82) is 0 Å². The number of carbonyl (C=O) groups is 2. The highest BCUT2D eigenvalue weighted by Crippen LogP contribution is 2.34. The van der Waals surface area contributed by atoms with Crippen molar-refractivity contribution in [2.75, 3.05) is 0 Å². The van der Waals surface area contributed by atoms with Crippen molar-refractivity contribution in [2.24, 2.45) is 0 Å². The van der Waals surface area contributed by atoms with Gasteiger partial charge in [0.15, 0.2) is 6.04 Å². The fourth-order valence-electron chi connectivity index (χ4n) is 2.59. The number of carboxylic acids is 1. The first-order valence-corrected chi connectivity index (χ1v) is 6.35. The second-order valence-electron chi connectivity index (χ2n) is 4.74. The minimum Gasteiger partial charge on any atom is -0.479 e. The van der Waals surface area contributed by atoms with Gasteiger partial charge < -0.3 is 10.0 Å². The molecular weight excluding hydrogens is 254 g/mol. The predicted molar refractivity (Wildman–Crippen MR) is 73.1 cm³/mol. The first-order chi connectivity index (χ1) is 9.68. The van der Waals surface area contributed by atoms with Crippen molar-refractivity contribution in [3.05, 3.63) is 71.3 Å². The molecule has 4 heteroatoms. The highest BCUT2D eigenvalue weighted by Gasteiger charge is 2.38. The van der Waals surface area contributed by atoms with Gasteiger partial charge in [-0.1, -0.05) is 42.5 Å². The average Bonchev–Trinajstić information content (AvgIpc) is 2.86. The van der Waals surface area contributed by atoms with E-state index in [9.17, 15) is 14.7 Å². The maximum absolute atomic E-state index is 12.5. The summed E-state index contributed by atoms with van der Waals surface area (Å²) in [7, 11) is 0. The molecule has 3 rings (SSSR count). The van der Waals surface area contributed by atoms with E-state index in [-0.39, 0.29) is 5.91 Å². The Kier molecular flexibility index (Phi) is 2.99. The van der Waals surface area contributed by atoms with Crippen LogP contribution in [0.25, 0.3) is 0 Å². The quantitative estimate of drug-likeness (QED) is 0.909. The predicted octanol–water partition coefficient (Wildman–Crippen LogP) is 2.47. The SMILES string of the molecule is O=C(O)C1c2ccccc2CN1C(=O)c1ccccc1. The Morgan fingerprint density at radius 2 is 1.65 bits per heavy atom. The van der Waals surface area contributed by atoms with Gasteiger partial charge in [-0.05, 0) is 23.3 Å². The lowest BCUT2D eigenvalue weighted by molar-refractivity contribution is -0.142. The Morgan fingerprint density at radius 3 is 2.35 bits per heavy atom. The Bertz CT molecular complexity index is 666. The van der Waals surface area contributed by atoms with Crippen LogP contribution in [0.2, 0.25) is 0 Å². The summed E-state index contributed by atoms with van der Waals surface area (Å²) < 4.78 is 0. The monoisotopic (exact) mass is 267 g/mol. The molecule has 0 spiro atoms. The highest BCUT2D eigenvalue weighted by molar-refractivity contribution is 5.97. The minimum atomic E-state index is -1.00. The van der Waals surface area contributed by atoms with Crippen LogP contribution in [0.1, 0.15) is 27.5 Å². The van der Waals surface area contributed by atoms with Gasteiger partial charge >= 0.3 is 5.97 Å². The molecule has 1 amide bonds. The van der Waals surface area contributed by atoms with E-state index in [0.29, 0.717) is 17.7 Å². The summed E-state index contributed by atoms with van der Waals surface area (Å²) >= 11 is 0. The largest absolute Gasteiger partial charge is 0.479 e. The van der Waals surface area contributed by atoms with Crippen molar-refractivity contribution in [2.45, 2.75) is 12.6 Å². The Hall–Kier alpha value is -2.62. The summed E-state index contributed by atoms with van der Waals surface area (Å²) in [5.74, 6) is -1.26. The summed E-state index contributed by atoms with van der Waals surface area (Å²) in [4.78, 5) is 25.4. The second-order valence-corrected chi connectivity index (χ2v) is 4.74. The molecule has 100 valence electrons. The van der Waals surface area contributed by atoms with Crippen LogP contribution in [0.15, 0.2) is 54.6 Å². The Balaban J connectivity index is 1.99. The molecule has 2 aromatic rings. The zero-order valence-corrected chi connectivity index (χ0v) is 10.7. The van der Waals surface area contributed by atoms with Crippen LogP contribution in [0.4, 0.5) is 0 Å². The number of carboxylic acid groups (broad SMARTS) is 1. The lowest BCUT2D eigenvalue weighted by Crippen LogP contribution is -2.33. The van der Waals surface area contributed by atoms with Crippen LogP contribution >= 0.6 is 0 Å². The van der Waals surface area contributed by atoms with Crippen LogP contribution in [-0.4, -0.2) is 21.9 Å². The number of aliphatic carboxylic acids is 1. The Labute approximate surface area is 116 Å². The molecule has 0 fully saturated rings. The highest BCUT2D eigenvalue weighted by atomic mass is 16.4. The maximum atomic E-state index is 12.5. The molecule has 1 atom stereocenters. The number of nitrogens with zero attached hydrogens (tertiary/aromatic N) is 1. The van der Waals surface area contributed by atoms with Crippen LogP contribution in [0.5, 0.6) is 0 Å². The molecule has 2 aromatic carbocycles. The molecule has 0 saturated carbocycles. The molecule has 1 heterocycles. The van der Waals surface area contributed by atoms with Crippen molar-refractivity contribution in [3.8, 4) is 0 Å². The molecule has 4 nitrogen and oxygen atoms in total. The van der Waals surface area contributed by atoms with E-state index in [1.165, 1.54) is 4.90 Å². The van der Waals surface area contributed by atoms with E-state index in [1.54, 1.807) is 36.4 Å². The fourth-order valence-corrected chi connectivity index (χ4v) is 2.59. The van der Waals surface area contributed by atoms with Gasteiger partial charge in [-0.2, -0.15) is 0 Å². The number of fused-ring (bicyclic) bond motifs is 1. The summed E-state index contributed by atoms with van der Waals surface area (Å²) in [6.45, 7) is 0.334. The molecule has 0 aliphatic carbocycles. The standard InChI is InChI=1S/C16H13NO3/c18-15(11-6-2-1-3-7-11)17-10-12-8-4-5-9-13(12)14(17)16(19)20/h1-9,14H,10H2,(H,19,20). The molecule has 0 aromatic heterocycles. The van der Waals surface area contributed by atoms with E-state index < -0.39 is 12.0 Å². The molecule has 1 unspecified atom stereocenters. The van der Waals surface area contributed by atoms with Crippen LogP contribution in [0, 0.1) is 0 Å². The molecule has 0 radical (unpaired) electrons. The van der Waals surface area contributed by atoms with E-state index in [1.807, 2.05) is 18.2 Å². The third kappa shape index (κ3) is 1.95. The summed E-state index contributed by atoms with van der Waals surface area (Å²) in [6.07, 6.45) is 0. The van der Waals surface area contributed by atoms with Crippen LogP contribution in [0.3, 0.4) is 0 Å². The lowest BCUT2D eigenvalue weighted by atomic mass is 10.1. The van der Waals surface area contributed by atoms with Gasteiger partial charge in [-0.25, -0.2) is 4.79 Å². The van der Waals surface area contributed by atoms with Crippen molar-refractivity contribution in [3.63, 3.8) is 0 Å². The maximum Gasteiger partial charge on any atom is 0.331 e. The van der Waals surface area contributed by atoms with E-state index in [0.717, 1.165) is 5.56 Å². The van der Waals surface area contributed by atoms with E-state index in [2.05, 4.69) is 0 Å². The molecule has 1 aliphatic heterocycles. The molecule has 1 aliphatic rings. The number of benzene rings is 2. The van der Waals surface area contributed by atoms with E-state index in [4.69, 9.17) is 0 Å². The number of hydrogen-bond acceptors (Lipinski definition) is 2. The second kappa shape index (κ2) is 4.81. The molecule has 1 N–H and O–H groups in total. The third-order valence-corrected chi connectivity index (χ3v) is 3.52. The lowest BCUT2D eigenvalue weighted by Gasteiger charge is -2.22.